The minimum atomic E-state index is -0.743. The second-order valence-electron chi connectivity index (χ2n) is 11.0. The van der Waals surface area contributed by atoms with Crippen LogP contribution in [0.1, 0.15) is 74.2 Å². The summed E-state index contributed by atoms with van der Waals surface area (Å²) in [6.07, 6.45) is 5.35. The van der Waals surface area contributed by atoms with E-state index in [-0.39, 0.29) is 18.2 Å². The first kappa shape index (κ1) is 27.8. The number of piperidine rings is 1. The van der Waals surface area contributed by atoms with E-state index in [1.54, 1.807) is 7.11 Å². The summed E-state index contributed by atoms with van der Waals surface area (Å²) in [6.45, 7) is 7.25. The highest BCUT2D eigenvalue weighted by Crippen LogP contribution is 2.45. The van der Waals surface area contributed by atoms with Gasteiger partial charge in [-0.3, -0.25) is 9.59 Å². The molecule has 1 aliphatic heterocycles. The molecule has 1 amide bonds. The SMILES string of the molecule is CC[C@H](C)CNC(=O)c1ccc(OC)cc1N1CCC(COc2cccc(C(CC(=O)O)C3CC3)c2)CC1. The molecule has 2 aromatic carbocycles. The molecule has 2 aromatic rings. The number of ether oxygens (including phenoxy) is 2. The van der Waals surface area contributed by atoms with E-state index in [4.69, 9.17) is 9.47 Å². The van der Waals surface area contributed by atoms with E-state index in [9.17, 15) is 14.7 Å². The lowest BCUT2D eigenvalue weighted by molar-refractivity contribution is -0.137. The molecule has 0 aromatic heterocycles. The Morgan fingerprint density at radius 2 is 1.84 bits per heavy atom. The second-order valence-corrected chi connectivity index (χ2v) is 11.0. The fraction of sp³-hybridized carbons (Fsp3) is 0.548. The van der Waals surface area contributed by atoms with E-state index in [0.29, 0.717) is 36.5 Å². The van der Waals surface area contributed by atoms with Crippen molar-refractivity contribution in [2.45, 2.75) is 58.3 Å². The third-order valence-electron chi connectivity index (χ3n) is 8.07. The Labute approximate surface area is 226 Å². The highest BCUT2D eigenvalue weighted by atomic mass is 16.5. The number of hydrogen-bond acceptors (Lipinski definition) is 5. The largest absolute Gasteiger partial charge is 0.497 e. The predicted molar refractivity (Wildman–Crippen MR) is 149 cm³/mol. The molecule has 1 heterocycles. The van der Waals surface area contributed by atoms with Gasteiger partial charge in [0.15, 0.2) is 0 Å². The quantitative estimate of drug-likeness (QED) is 0.349. The highest BCUT2D eigenvalue weighted by molar-refractivity contribution is 6.00. The van der Waals surface area contributed by atoms with Gasteiger partial charge in [0.25, 0.3) is 5.91 Å². The number of nitrogens with zero attached hydrogens (tertiary/aromatic N) is 1. The first-order valence-corrected chi connectivity index (χ1v) is 14.0. The number of hydrogen-bond donors (Lipinski definition) is 2. The molecular weight excluding hydrogens is 480 g/mol. The van der Waals surface area contributed by atoms with Crippen molar-refractivity contribution in [1.29, 1.82) is 0 Å². The number of anilines is 1. The summed E-state index contributed by atoms with van der Waals surface area (Å²) in [7, 11) is 1.65. The zero-order valence-electron chi connectivity index (χ0n) is 22.9. The van der Waals surface area contributed by atoms with Gasteiger partial charge in [-0.25, -0.2) is 0 Å². The predicted octanol–water partition coefficient (Wildman–Crippen LogP) is 5.73. The number of carboxylic acid groups (broad SMARTS) is 1. The van der Waals surface area contributed by atoms with Crippen LogP contribution in [-0.4, -0.2) is 50.3 Å². The number of amides is 1. The molecule has 2 aliphatic rings. The fourth-order valence-electron chi connectivity index (χ4n) is 5.23. The van der Waals surface area contributed by atoms with Crippen LogP contribution < -0.4 is 19.7 Å². The van der Waals surface area contributed by atoms with Crippen LogP contribution in [0, 0.1) is 17.8 Å². The molecular formula is C31H42N2O5. The lowest BCUT2D eigenvalue weighted by atomic mass is 9.91. The molecule has 1 saturated carbocycles. The normalized spacial score (nSPS) is 17.5. The zero-order chi connectivity index (χ0) is 27.1. The Bertz CT molecular complexity index is 1090. The van der Waals surface area contributed by atoms with E-state index in [1.165, 1.54) is 0 Å². The summed E-state index contributed by atoms with van der Waals surface area (Å²) in [4.78, 5) is 26.6. The second kappa shape index (κ2) is 13.0. The van der Waals surface area contributed by atoms with Gasteiger partial charge in [-0.1, -0.05) is 32.4 Å². The first-order chi connectivity index (χ1) is 18.4. The number of carbonyl (C=O) groups is 2. The number of nitrogens with one attached hydrogen (secondary N) is 1. The number of benzene rings is 2. The molecule has 0 spiro atoms. The lowest BCUT2D eigenvalue weighted by Gasteiger charge is -2.34. The monoisotopic (exact) mass is 522 g/mol. The van der Waals surface area contributed by atoms with Crippen LogP contribution in [0.5, 0.6) is 11.5 Å². The van der Waals surface area contributed by atoms with Gasteiger partial charge in [-0.05, 0) is 79.2 Å². The number of carboxylic acids is 1. The van der Waals surface area contributed by atoms with Gasteiger partial charge in [0.1, 0.15) is 11.5 Å². The Morgan fingerprint density at radius 1 is 1.08 bits per heavy atom. The van der Waals surface area contributed by atoms with Crippen molar-refractivity contribution in [3.8, 4) is 11.5 Å². The molecule has 1 unspecified atom stereocenters. The Hall–Kier alpha value is -3.22. The van der Waals surface area contributed by atoms with Gasteiger partial charge in [-0.15, -0.1) is 0 Å². The third kappa shape index (κ3) is 7.42. The molecule has 2 fully saturated rings. The summed E-state index contributed by atoms with van der Waals surface area (Å²) >= 11 is 0. The van der Waals surface area contributed by atoms with Crippen molar-refractivity contribution < 1.29 is 24.2 Å². The maximum absolute atomic E-state index is 13.0. The van der Waals surface area contributed by atoms with Crippen LogP contribution in [0.2, 0.25) is 0 Å². The van der Waals surface area contributed by atoms with Gasteiger partial charge < -0.3 is 24.8 Å². The van der Waals surface area contributed by atoms with E-state index in [2.05, 4.69) is 24.1 Å². The van der Waals surface area contributed by atoms with Crippen molar-refractivity contribution in [1.82, 2.24) is 5.32 Å². The molecule has 2 N–H and O–H groups in total. The average molecular weight is 523 g/mol. The van der Waals surface area contributed by atoms with Gasteiger partial charge in [0.2, 0.25) is 0 Å². The maximum Gasteiger partial charge on any atom is 0.303 e. The van der Waals surface area contributed by atoms with Crippen molar-refractivity contribution in [2.75, 3.05) is 38.3 Å². The third-order valence-corrected chi connectivity index (χ3v) is 8.07. The summed E-state index contributed by atoms with van der Waals surface area (Å²) < 4.78 is 11.7. The van der Waals surface area contributed by atoms with Gasteiger partial charge >= 0.3 is 5.97 Å². The molecule has 7 nitrogen and oxygen atoms in total. The van der Waals surface area contributed by atoms with E-state index >= 15 is 0 Å². The number of aliphatic carboxylic acids is 1. The summed E-state index contributed by atoms with van der Waals surface area (Å²) in [5.74, 6) is 2.18. The molecule has 206 valence electrons. The minimum Gasteiger partial charge on any atom is -0.497 e. The first-order valence-electron chi connectivity index (χ1n) is 14.0. The molecule has 7 heteroatoms. The molecule has 0 radical (unpaired) electrons. The van der Waals surface area contributed by atoms with Crippen LogP contribution >= 0.6 is 0 Å². The van der Waals surface area contributed by atoms with Crippen molar-refractivity contribution >= 4 is 17.6 Å². The number of carbonyl (C=O) groups excluding carboxylic acids is 1. The van der Waals surface area contributed by atoms with Crippen molar-refractivity contribution in [3.63, 3.8) is 0 Å². The smallest absolute Gasteiger partial charge is 0.303 e. The van der Waals surface area contributed by atoms with E-state index in [1.807, 2.05) is 42.5 Å². The lowest BCUT2D eigenvalue weighted by Crippen LogP contribution is -2.37. The van der Waals surface area contributed by atoms with Crippen molar-refractivity contribution in [2.24, 2.45) is 17.8 Å². The van der Waals surface area contributed by atoms with Crippen molar-refractivity contribution in [3.05, 3.63) is 53.6 Å². The highest BCUT2D eigenvalue weighted by Gasteiger charge is 2.34. The van der Waals surface area contributed by atoms with Crippen LogP contribution in [0.25, 0.3) is 0 Å². The Balaban J connectivity index is 1.34. The molecule has 0 bridgehead atoms. The minimum absolute atomic E-state index is 0.0410. The number of rotatable bonds is 13. The summed E-state index contributed by atoms with van der Waals surface area (Å²) in [6, 6.07) is 13.7. The van der Waals surface area contributed by atoms with Crippen LogP contribution in [0.15, 0.2) is 42.5 Å². The zero-order valence-corrected chi connectivity index (χ0v) is 22.9. The van der Waals surface area contributed by atoms with Crippen LogP contribution in [0.3, 0.4) is 0 Å². The standard InChI is InChI=1S/C31H42N2O5/c1-4-21(2)19-32-31(36)27-11-10-25(37-3)17-29(27)33-14-12-22(13-15-33)20-38-26-7-5-6-24(16-26)28(18-30(34)35)23-8-9-23/h5-7,10-11,16-17,21-23,28H,4,8-9,12-15,18-20H2,1-3H3,(H,32,36)(H,34,35)/t21-,28?/m0/s1. The molecule has 4 rings (SSSR count). The average Bonchev–Trinajstić information content (AvgIpc) is 3.79. The van der Waals surface area contributed by atoms with Gasteiger partial charge in [-0.2, -0.15) is 0 Å². The summed E-state index contributed by atoms with van der Waals surface area (Å²) in [5, 5.41) is 12.4. The Kier molecular flexibility index (Phi) is 9.53. The molecule has 1 saturated heterocycles. The van der Waals surface area contributed by atoms with E-state index in [0.717, 1.165) is 67.9 Å². The summed E-state index contributed by atoms with van der Waals surface area (Å²) in [5.41, 5.74) is 2.68. The van der Waals surface area contributed by atoms with E-state index < -0.39 is 5.97 Å². The fourth-order valence-corrected chi connectivity index (χ4v) is 5.23. The Morgan fingerprint density at radius 3 is 2.50 bits per heavy atom. The molecule has 2 atom stereocenters. The topological polar surface area (TPSA) is 88.1 Å². The van der Waals surface area contributed by atoms with Gasteiger partial charge in [0.05, 0.1) is 31.4 Å². The molecule has 38 heavy (non-hydrogen) atoms. The molecule has 1 aliphatic carbocycles. The van der Waals surface area contributed by atoms with Crippen LogP contribution in [0.4, 0.5) is 5.69 Å². The van der Waals surface area contributed by atoms with Gasteiger partial charge in [0, 0.05) is 25.7 Å². The maximum atomic E-state index is 13.0. The number of methoxy groups -OCH3 is 1. The van der Waals surface area contributed by atoms with Crippen LogP contribution in [-0.2, 0) is 4.79 Å².